The van der Waals surface area contributed by atoms with Crippen molar-refractivity contribution in [1.82, 2.24) is 9.97 Å². The molecule has 0 aliphatic carbocycles. The lowest BCUT2D eigenvalue weighted by molar-refractivity contribution is -0.144. The van der Waals surface area contributed by atoms with E-state index in [1.807, 2.05) is 37.3 Å². The average molecular weight is 316 g/mol. The zero-order valence-corrected chi connectivity index (χ0v) is 12.0. The second-order valence-corrected chi connectivity index (χ2v) is 4.76. The van der Waals surface area contributed by atoms with Crippen molar-refractivity contribution in [3.05, 3.63) is 52.9 Å². The number of aromatic nitrogens is 2. The minimum absolute atomic E-state index is 0.161. The molecule has 0 N–H and O–H groups in total. The van der Waals surface area contributed by atoms with Gasteiger partial charge in [0.05, 0.1) is 0 Å². The molecule has 0 bridgehead atoms. The van der Waals surface area contributed by atoms with Gasteiger partial charge in [-0.25, -0.2) is 9.97 Å². The minimum atomic E-state index is -4.62. The fraction of sp³-hybridized carbons (Fsp3) is 0.286. The van der Waals surface area contributed by atoms with Crippen LogP contribution in [0.4, 0.5) is 19.0 Å². The Labute approximate surface area is 125 Å². The molecule has 0 fully saturated rings. The van der Waals surface area contributed by atoms with Crippen LogP contribution in [0.15, 0.2) is 36.4 Å². The summed E-state index contributed by atoms with van der Waals surface area (Å²) in [7, 11) is 0. The molecule has 1 aromatic heterocycles. The van der Waals surface area contributed by atoms with Gasteiger partial charge in [0, 0.05) is 19.2 Å². The van der Waals surface area contributed by atoms with Crippen molar-refractivity contribution in [2.24, 2.45) is 0 Å². The van der Waals surface area contributed by atoms with E-state index in [-0.39, 0.29) is 11.0 Å². The summed E-state index contributed by atoms with van der Waals surface area (Å²) in [5.41, 5.74) is 0.975. The standard InChI is InChI=1S/C14H13ClF3N3/c1-2-21(9-10-6-4-3-5-7-10)12-8-11(15)19-13(20-12)14(16,17)18/h3-8H,2,9H2,1H3. The Hall–Kier alpha value is -1.82. The molecule has 0 atom stereocenters. The summed E-state index contributed by atoms with van der Waals surface area (Å²) in [5.74, 6) is -1.06. The number of benzene rings is 1. The quantitative estimate of drug-likeness (QED) is 0.793. The van der Waals surface area contributed by atoms with E-state index in [4.69, 9.17) is 11.6 Å². The highest BCUT2D eigenvalue weighted by atomic mass is 35.5. The van der Waals surface area contributed by atoms with Crippen molar-refractivity contribution in [2.45, 2.75) is 19.6 Å². The lowest BCUT2D eigenvalue weighted by Gasteiger charge is -2.22. The highest BCUT2D eigenvalue weighted by Gasteiger charge is 2.35. The van der Waals surface area contributed by atoms with Crippen LogP contribution < -0.4 is 4.90 Å². The van der Waals surface area contributed by atoms with Gasteiger partial charge in [0.15, 0.2) is 0 Å². The van der Waals surface area contributed by atoms with Gasteiger partial charge in [-0.2, -0.15) is 13.2 Å². The number of hydrogen-bond donors (Lipinski definition) is 0. The van der Waals surface area contributed by atoms with Crippen LogP contribution in [-0.2, 0) is 12.7 Å². The molecule has 112 valence electrons. The molecule has 0 radical (unpaired) electrons. The van der Waals surface area contributed by atoms with Gasteiger partial charge in [0.1, 0.15) is 11.0 Å². The van der Waals surface area contributed by atoms with E-state index in [0.29, 0.717) is 13.1 Å². The maximum atomic E-state index is 12.7. The van der Waals surface area contributed by atoms with Crippen LogP contribution in [0.2, 0.25) is 5.15 Å². The third kappa shape index (κ3) is 4.07. The molecule has 3 nitrogen and oxygen atoms in total. The third-order valence-electron chi connectivity index (χ3n) is 2.86. The first kappa shape index (κ1) is 15.6. The molecule has 1 aromatic carbocycles. The minimum Gasteiger partial charge on any atom is -0.352 e. The van der Waals surface area contributed by atoms with Crippen LogP contribution in [-0.4, -0.2) is 16.5 Å². The Morgan fingerprint density at radius 2 is 1.81 bits per heavy atom. The largest absolute Gasteiger partial charge is 0.451 e. The Bertz CT molecular complexity index is 602. The van der Waals surface area contributed by atoms with Gasteiger partial charge in [-0.3, -0.25) is 0 Å². The Kier molecular flexibility index (Phi) is 4.67. The van der Waals surface area contributed by atoms with E-state index >= 15 is 0 Å². The highest BCUT2D eigenvalue weighted by Crippen LogP contribution is 2.29. The topological polar surface area (TPSA) is 29.0 Å². The van der Waals surface area contributed by atoms with Gasteiger partial charge in [-0.15, -0.1) is 0 Å². The maximum absolute atomic E-state index is 12.7. The van der Waals surface area contributed by atoms with Crippen LogP contribution in [0.3, 0.4) is 0 Å². The average Bonchev–Trinajstić information content (AvgIpc) is 2.44. The van der Waals surface area contributed by atoms with E-state index in [0.717, 1.165) is 5.56 Å². The molecule has 1 heterocycles. The van der Waals surface area contributed by atoms with Crippen LogP contribution in [0, 0.1) is 0 Å². The summed E-state index contributed by atoms with van der Waals surface area (Å²) >= 11 is 5.68. The normalized spacial score (nSPS) is 11.5. The van der Waals surface area contributed by atoms with Crippen molar-refractivity contribution in [3.63, 3.8) is 0 Å². The summed E-state index contributed by atoms with van der Waals surface area (Å²) in [4.78, 5) is 8.52. The van der Waals surface area contributed by atoms with Crippen LogP contribution in [0.5, 0.6) is 0 Å². The Morgan fingerprint density at radius 1 is 1.14 bits per heavy atom. The molecule has 21 heavy (non-hydrogen) atoms. The van der Waals surface area contributed by atoms with Crippen molar-refractivity contribution in [1.29, 1.82) is 0 Å². The van der Waals surface area contributed by atoms with E-state index in [2.05, 4.69) is 9.97 Å². The summed E-state index contributed by atoms with van der Waals surface area (Å²) in [6.45, 7) is 2.79. The molecular weight excluding hydrogens is 303 g/mol. The van der Waals surface area contributed by atoms with Crippen molar-refractivity contribution >= 4 is 17.4 Å². The fourth-order valence-corrected chi connectivity index (χ4v) is 2.03. The lowest BCUT2D eigenvalue weighted by Crippen LogP contribution is -2.24. The molecule has 0 aliphatic heterocycles. The smallest absolute Gasteiger partial charge is 0.352 e. The van der Waals surface area contributed by atoms with Crippen LogP contribution >= 0.6 is 11.6 Å². The zero-order chi connectivity index (χ0) is 15.5. The first-order chi connectivity index (χ1) is 9.90. The van der Waals surface area contributed by atoms with E-state index in [1.54, 1.807) is 4.90 Å². The summed E-state index contributed by atoms with van der Waals surface area (Å²) in [6.07, 6.45) is -4.62. The van der Waals surface area contributed by atoms with Crippen molar-refractivity contribution in [3.8, 4) is 0 Å². The zero-order valence-electron chi connectivity index (χ0n) is 11.2. The molecule has 7 heteroatoms. The van der Waals surface area contributed by atoms with E-state index in [9.17, 15) is 13.2 Å². The van der Waals surface area contributed by atoms with Gasteiger partial charge >= 0.3 is 6.18 Å². The van der Waals surface area contributed by atoms with Crippen molar-refractivity contribution in [2.75, 3.05) is 11.4 Å². The second kappa shape index (κ2) is 6.30. The Morgan fingerprint density at radius 3 is 2.38 bits per heavy atom. The molecule has 0 aliphatic rings. The van der Waals surface area contributed by atoms with Gasteiger partial charge < -0.3 is 4.90 Å². The lowest BCUT2D eigenvalue weighted by atomic mass is 10.2. The Balaban J connectivity index is 2.32. The molecule has 0 spiro atoms. The predicted octanol–water partition coefficient (Wildman–Crippen LogP) is 4.18. The second-order valence-electron chi connectivity index (χ2n) is 4.37. The predicted molar refractivity (Wildman–Crippen MR) is 75.2 cm³/mol. The maximum Gasteiger partial charge on any atom is 0.451 e. The van der Waals surface area contributed by atoms with Crippen LogP contribution in [0.25, 0.3) is 0 Å². The third-order valence-corrected chi connectivity index (χ3v) is 3.05. The molecule has 0 saturated carbocycles. The van der Waals surface area contributed by atoms with Crippen molar-refractivity contribution < 1.29 is 13.2 Å². The number of rotatable bonds is 4. The number of alkyl halides is 3. The first-order valence-corrected chi connectivity index (χ1v) is 6.68. The molecule has 2 aromatic rings. The fourth-order valence-electron chi connectivity index (χ4n) is 1.85. The van der Waals surface area contributed by atoms with Gasteiger partial charge in [-0.1, -0.05) is 41.9 Å². The summed E-state index contributed by atoms with van der Waals surface area (Å²) in [5, 5.41) is -0.223. The number of halogens is 4. The molecule has 0 saturated heterocycles. The van der Waals surface area contributed by atoms with Gasteiger partial charge in [0.25, 0.3) is 0 Å². The monoisotopic (exact) mass is 315 g/mol. The number of anilines is 1. The SMILES string of the molecule is CCN(Cc1ccccc1)c1cc(Cl)nc(C(F)(F)F)n1. The molecular formula is C14H13ClF3N3. The number of nitrogens with zero attached hydrogens (tertiary/aromatic N) is 3. The van der Waals surface area contributed by atoms with Crippen LogP contribution in [0.1, 0.15) is 18.3 Å². The van der Waals surface area contributed by atoms with Gasteiger partial charge in [0.2, 0.25) is 5.82 Å². The van der Waals surface area contributed by atoms with Gasteiger partial charge in [-0.05, 0) is 12.5 Å². The summed E-state index contributed by atoms with van der Waals surface area (Å²) < 4.78 is 38.2. The summed E-state index contributed by atoms with van der Waals surface area (Å²) in [6, 6.07) is 10.8. The number of hydrogen-bond acceptors (Lipinski definition) is 3. The van der Waals surface area contributed by atoms with E-state index in [1.165, 1.54) is 6.07 Å². The molecule has 0 unspecified atom stereocenters. The highest BCUT2D eigenvalue weighted by molar-refractivity contribution is 6.29. The molecule has 0 amide bonds. The molecule has 2 rings (SSSR count). The van der Waals surface area contributed by atoms with E-state index < -0.39 is 12.0 Å². The first-order valence-electron chi connectivity index (χ1n) is 6.31.